The molecular formula is C35H43F2N5O4. The van der Waals surface area contributed by atoms with Crippen molar-refractivity contribution in [2.75, 3.05) is 19.6 Å². The quantitative estimate of drug-likeness (QED) is 0.207. The number of pyridine rings is 1. The molecule has 0 saturated heterocycles. The average molecular weight is 636 g/mol. The van der Waals surface area contributed by atoms with Crippen molar-refractivity contribution < 1.29 is 27.9 Å². The van der Waals surface area contributed by atoms with E-state index in [-0.39, 0.29) is 36.7 Å². The number of rotatable bonds is 16. The summed E-state index contributed by atoms with van der Waals surface area (Å²) in [6.07, 6.45) is 10.4. The standard InChI is InChI=1S/C35H43F2N5O4/c1-4-8-42(9-5-2)33(44)27-15-26(32-41-7-10-46-32)17-35(18-27,34(38)45)30(14-24-12-28(36)16-29(37)13-24)31(43)22-40-21-25-11-23(6-3)19-39-20-25/h7,10-13,15-17,19-20,30-31,40,43H,4-6,8-9,14,18,21-22H2,1-3H3,(H2,38,45)/t30-,31+,35?/m1/s1. The fraction of sp³-hybridized carbons (Fsp3) is 0.429. The molecule has 2 heterocycles. The van der Waals surface area contributed by atoms with Gasteiger partial charge in [-0.3, -0.25) is 14.6 Å². The Morgan fingerprint density at radius 3 is 2.37 bits per heavy atom. The predicted molar refractivity (Wildman–Crippen MR) is 171 cm³/mol. The number of nitrogens with one attached hydrogen (secondary N) is 1. The molecule has 0 saturated carbocycles. The average Bonchev–Trinajstić information content (AvgIpc) is 3.58. The molecular weight excluding hydrogens is 592 g/mol. The molecule has 0 aliphatic heterocycles. The smallest absolute Gasteiger partial charge is 0.249 e. The molecule has 2 amide bonds. The van der Waals surface area contributed by atoms with Gasteiger partial charge in [-0.05, 0) is 67.0 Å². The van der Waals surface area contributed by atoms with Crippen LogP contribution >= 0.6 is 0 Å². The van der Waals surface area contributed by atoms with Crippen LogP contribution in [0, 0.1) is 23.0 Å². The molecule has 0 fully saturated rings. The van der Waals surface area contributed by atoms with E-state index in [0.717, 1.165) is 36.5 Å². The van der Waals surface area contributed by atoms with Gasteiger partial charge in [-0.1, -0.05) is 32.9 Å². The summed E-state index contributed by atoms with van der Waals surface area (Å²) < 4.78 is 34.3. The number of carbonyl (C=O) groups is 2. The molecule has 1 aliphatic rings. The van der Waals surface area contributed by atoms with Crippen LogP contribution < -0.4 is 11.1 Å². The van der Waals surface area contributed by atoms with Gasteiger partial charge in [0.15, 0.2) is 0 Å². The second kappa shape index (κ2) is 15.9. The zero-order chi connectivity index (χ0) is 33.3. The summed E-state index contributed by atoms with van der Waals surface area (Å²) in [5, 5.41) is 15.0. The molecule has 246 valence electrons. The zero-order valence-corrected chi connectivity index (χ0v) is 26.6. The molecule has 1 aromatic carbocycles. The van der Waals surface area contributed by atoms with Gasteiger partial charge in [-0.25, -0.2) is 13.8 Å². The Kier molecular flexibility index (Phi) is 11.9. The van der Waals surface area contributed by atoms with Gasteiger partial charge in [0.05, 0.1) is 17.7 Å². The van der Waals surface area contributed by atoms with Crippen molar-refractivity contribution in [2.24, 2.45) is 17.1 Å². The van der Waals surface area contributed by atoms with E-state index in [1.54, 1.807) is 29.4 Å². The van der Waals surface area contributed by atoms with Crippen molar-refractivity contribution in [3.05, 3.63) is 101 Å². The highest BCUT2D eigenvalue weighted by molar-refractivity contribution is 6.00. The predicted octanol–water partition coefficient (Wildman–Crippen LogP) is 4.75. The summed E-state index contributed by atoms with van der Waals surface area (Å²) in [6, 6.07) is 5.11. The number of aryl methyl sites for hydroxylation is 1. The molecule has 11 heteroatoms. The van der Waals surface area contributed by atoms with Crippen LogP contribution in [0.3, 0.4) is 0 Å². The highest BCUT2D eigenvalue weighted by Crippen LogP contribution is 2.46. The minimum absolute atomic E-state index is 0.0147. The summed E-state index contributed by atoms with van der Waals surface area (Å²) >= 11 is 0. The van der Waals surface area contributed by atoms with Crippen LogP contribution in [-0.4, -0.2) is 57.5 Å². The lowest BCUT2D eigenvalue weighted by atomic mass is 9.63. The molecule has 1 unspecified atom stereocenters. The number of halogens is 2. The number of primary amides is 1. The van der Waals surface area contributed by atoms with Crippen LogP contribution in [0.15, 0.2) is 71.3 Å². The van der Waals surface area contributed by atoms with E-state index in [4.69, 9.17) is 10.2 Å². The lowest BCUT2D eigenvalue weighted by molar-refractivity contribution is -0.132. The number of benzene rings is 1. The Bertz CT molecular complexity index is 1530. The molecule has 0 radical (unpaired) electrons. The molecule has 3 atom stereocenters. The Balaban J connectivity index is 1.77. The molecule has 9 nitrogen and oxygen atoms in total. The molecule has 0 spiro atoms. The molecule has 46 heavy (non-hydrogen) atoms. The number of amides is 2. The maximum absolute atomic E-state index is 14.4. The van der Waals surface area contributed by atoms with Gasteiger partial charge in [0.2, 0.25) is 17.7 Å². The third-order valence-corrected chi connectivity index (χ3v) is 8.36. The normalized spacial score (nSPS) is 17.6. The number of aliphatic hydroxyl groups is 1. The van der Waals surface area contributed by atoms with E-state index in [2.05, 4.69) is 15.3 Å². The maximum atomic E-state index is 14.4. The van der Waals surface area contributed by atoms with Crippen LogP contribution in [0.2, 0.25) is 0 Å². The van der Waals surface area contributed by atoms with Crippen molar-refractivity contribution in [3.63, 3.8) is 0 Å². The molecule has 4 rings (SSSR count). The fourth-order valence-corrected chi connectivity index (χ4v) is 6.17. The van der Waals surface area contributed by atoms with Crippen LogP contribution in [0.4, 0.5) is 8.78 Å². The van der Waals surface area contributed by atoms with Gasteiger partial charge in [0.1, 0.15) is 17.9 Å². The van der Waals surface area contributed by atoms with Gasteiger partial charge in [0.25, 0.3) is 0 Å². The Morgan fingerprint density at radius 2 is 1.76 bits per heavy atom. The first kappa shape index (κ1) is 34.6. The minimum Gasteiger partial charge on any atom is -0.445 e. The van der Waals surface area contributed by atoms with Crippen molar-refractivity contribution >= 4 is 17.4 Å². The Labute approximate surface area is 268 Å². The van der Waals surface area contributed by atoms with E-state index in [0.29, 0.717) is 30.8 Å². The van der Waals surface area contributed by atoms with Crippen LogP contribution in [0.1, 0.15) is 62.6 Å². The largest absolute Gasteiger partial charge is 0.445 e. The molecule has 2 aromatic heterocycles. The van der Waals surface area contributed by atoms with Crippen molar-refractivity contribution in [3.8, 4) is 0 Å². The number of carbonyl (C=O) groups excluding carboxylic acids is 2. The lowest BCUT2D eigenvalue weighted by Gasteiger charge is -2.42. The number of hydrogen-bond acceptors (Lipinski definition) is 7. The molecule has 0 bridgehead atoms. The topological polar surface area (TPSA) is 135 Å². The number of oxazole rings is 1. The first-order valence-corrected chi connectivity index (χ1v) is 15.8. The minimum atomic E-state index is -1.65. The van der Waals surface area contributed by atoms with E-state index < -0.39 is 35.0 Å². The van der Waals surface area contributed by atoms with Gasteiger partial charge < -0.3 is 25.5 Å². The SMILES string of the molecule is CCCN(CCC)C(=O)C1=CC(c2ncco2)=CC(C(N)=O)([C@H](Cc2cc(F)cc(F)c2)[C@@H](O)CNCc2cncc(CC)c2)C1. The molecule has 3 aromatic rings. The van der Waals surface area contributed by atoms with E-state index in [1.807, 2.05) is 26.8 Å². The summed E-state index contributed by atoms with van der Waals surface area (Å²) in [5.41, 5.74) is 7.41. The van der Waals surface area contributed by atoms with E-state index >= 15 is 0 Å². The highest BCUT2D eigenvalue weighted by atomic mass is 19.1. The van der Waals surface area contributed by atoms with Crippen molar-refractivity contribution in [1.29, 1.82) is 0 Å². The Morgan fingerprint density at radius 1 is 1.07 bits per heavy atom. The fourth-order valence-electron chi connectivity index (χ4n) is 6.17. The number of nitrogens with zero attached hydrogens (tertiary/aromatic N) is 3. The zero-order valence-electron chi connectivity index (χ0n) is 26.6. The second-order valence-electron chi connectivity index (χ2n) is 11.8. The molecule has 4 N–H and O–H groups in total. The van der Waals surface area contributed by atoms with Crippen molar-refractivity contribution in [1.82, 2.24) is 20.2 Å². The lowest BCUT2D eigenvalue weighted by Crippen LogP contribution is -2.51. The van der Waals surface area contributed by atoms with Gasteiger partial charge in [-0.15, -0.1) is 0 Å². The summed E-state index contributed by atoms with van der Waals surface area (Å²) in [7, 11) is 0. The highest BCUT2D eigenvalue weighted by Gasteiger charge is 2.49. The number of aromatic nitrogens is 2. The second-order valence-corrected chi connectivity index (χ2v) is 11.8. The van der Waals surface area contributed by atoms with Crippen molar-refractivity contribution in [2.45, 2.75) is 65.5 Å². The number of allylic oxidation sites excluding steroid dienone is 2. The number of nitrogens with two attached hydrogens (primary N) is 1. The molecule has 1 aliphatic carbocycles. The van der Waals surface area contributed by atoms with Crippen LogP contribution in [0.5, 0.6) is 0 Å². The summed E-state index contributed by atoms with van der Waals surface area (Å²) in [6.45, 7) is 7.40. The monoisotopic (exact) mass is 635 g/mol. The number of aliphatic hydroxyl groups excluding tert-OH is 1. The van der Waals surface area contributed by atoms with Gasteiger partial charge in [0, 0.05) is 61.7 Å². The van der Waals surface area contributed by atoms with Crippen LogP contribution in [-0.2, 0) is 29.0 Å². The third-order valence-electron chi connectivity index (χ3n) is 8.36. The van der Waals surface area contributed by atoms with Crippen LogP contribution in [0.25, 0.3) is 5.57 Å². The maximum Gasteiger partial charge on any atom is 0.249 e. The first-order valence-electron chi connectivity index (χ1n) is 15.8. The third kappa shape index (κ3) is 8.32. The van der Waals surface area contributed by atoms with Gasteiger partial charge >= 0.3 is 0 Å². The Hall–Kier alpha value is -4.22. The summed E-state index contributed by atoms with van der Waals surface area (Å²) in [5.74, 6) is -3.48. The van der Waals surface area contributed by atoms with Gasteiger partial charge in [-0.2, -0.15) is 0 Å². The number of hydrogen-bond donors (Lipinski definition) is 3. The summed E-state index contributed by atoms with van der Waals surface area (Å²) in [4.78, 5) is 37.9. The van der Waals surface area contributed by atoms with E-state index in [9.17, 15) is 23.5 Å². The van der Waals surface area contributed by atoms with E-state index in [1.165, 1.54) is 24.6 Å². The first-order chi connectivity index (χ1) is 22.1.